The maximum atomic E-state index is 13.5. The zero-order valence-corrected chi connectivity index (χ0v) is 20.6. The van der Waals surface area contributed by atoms with Gasteiger partial charge in [0.15, 0.2) is 11.5 Å². The van der Waals surface area contributed by atoms with E-state index in [-0.39, 0.29) is 17.4 Å². The highest BCUT2D eigenvalue weighted by molar-refractivity contribution is 5.96. The van der Waals surface area contributed by atoms with Crippen molar-refractivity contribution in [3.63, 3.8) is 0 Å². The van der Waals surface area contributed by atoms with E-state index in [9.17, 15) is 9.59 Å². The van der Waals surface area contributed by atoms with Crippen molar-refractivity contribution < 1.29 is 14.2 Å². The average Bonchev–Trinajstić information content (AvgIpc) is 3.22. The van der Waals surface area contributed by atoms with E-state index in [1.165, 1.54) is 7.05 Å². The normalized spacial score (nSPS) is 15.4. The first-order valence-corrected chi connectivity index (χ1v) is 11.7. The van der Waals surface area contributed by atoms with Gasteiger partial charge in [0.1, 0.15) is 6.10 Å². The molecule has 4 aromatic rings. The first kappa shape index (κ1) is 23.0. The number of hydrogen-bond acceptors (Lipinski definition) is 5. The molecule has 8 heteroatoms. The molecule has 1 atom stereocenters. The van der Waals surface area contributed by atoms with E-state index in [2.05, 4.69) is 4.57 Å². The molecule has 0 spiro atoms. The molecule has 35 heavy (non-hydrogen) atoms. The molecule has 5 rings (SSSR count). The SMILES string of the molecule is COc1cc(C2OCCn3c(-c4ccccc4)c4c(=O)n(C)c(=O)n(C)c4c32)ccc1OC(C)C. The van der Waals surface area contributed by atoms with Gasteiger partial charge in [0, 0.05) is 20.6 Å². The van der Waals surface area contributed by atoms with Crippen molar-refractivity contribution in [3.05, 3.63) is 80.6 Å². The maximum absolute atomic E-state index is 13.5. The van der Waals surface area contributed by atoms with Gasteiger partial charge < -0.3 is 18.8 Å². The van der Waals surface area contributed by atoms with Crippen LogP contribution in [0.4, 0.5) is 0 Å². The number of hydrogen-bond donors (Lipinski definition) is 0. The second-order valence-corrected chi connectivity index (χ2v) is 9.01. The molecule has 1 aliphatic heterocycles. The van der Waals surface area contributed by atoms with E-state index >= 15 is 0 Å². The van der Waals surface area contributed by atoms with Crippen molar-refractivity contribution in [1.29, 1.82) is 0 Å². The molecule has 8 nitrogen and oxygen atoms in total. The summed E-state index contributed by atoms with van der Waals surface area (Å²) in [5, 5.41) is 0.512. The van der Waals surface area contributed by atoms with Gasteiger partial charge in [-0.25, -0.2) is 4.79 Å². The van der Waals surface area contributed by atoms with Crippen LogP contribution in [0, 0.1) is 0 Å². The summed E-state index contributed by atoms with van der Waals surface area (Å²) in [6.07, 6.45) is -0.496. The quantitative estimate of drug-likeness (QED) is 0.441. The summed E-state index contributed by atoms with van der Waals surface area (Å²) in [6, 6.07) is 15.5. The molecule has 0 amide bonds. The summed E-state index contributed by atoms with van der Waals surface area (Å²) in [6.45, 7) is 4.94. The third-order valence-corrected chi connectivity index (χ3v) is 6.45. The van der Waals surface area contributed by atoms with Crippen LogP contribution in [0.25, 0.3) is 22.2 Å². The van der Waals surface area contributed by atoms with E-state index in [1.807, 2.05) is 62.4 Å². The van der Waals surface area contributed by atoms with Gasteiger partial charge >= 0.3 is 5.69 Å². The summed E-state index contributed by atoms with van der Waals surface area (Å²) in [7, 11) is 4.82. The smallest absolute Gasteiger partial charge is 0.331 e. The minimum atomic E-state index is -0.497. The standard InChI is InChI=1S/C27H29N3O5/c1-16(2)35-19-12-11-18(15-20(19)33-5)25-24-23-21(26(31)29(4)27(32)28(23)3)22(30(24)13-14-34-25)17-9-7-6-8-10-17/h6-12,15-16,25H,13-14H2,1-5H3. The molecular weight excluding hydrogens is 446 g/mol. The first-order valence-electron chi connectivity index (χ1n) is 11.7. The molecule has 3 heterocycles. The third kappa shape index (κ3) is 3.65. The van der Waals surface area contributed by atoms with Crippen LogP contribution >= 0.6 is 0 Å². The second-order valence-electron chi connectivity index (χ2n) is 9.01. The first-order chi connectivity index (χ1) is 16.8. The Morgan fingerprint density at radius 1 is 1.00 bits per heavy atom. The number of aromatic nitrogens is 3. The molecule has 0 bridgehead atoms. The van der Waals surface area contributed by atoms with Crippen LogP contribution in [-0.4, -0.2) is 33.5 Å². The fraction of sp³-hybridized carbons (Fsp3) is 0.333. The summed E-state index contributed by atoms with van der Waals surface area (Å²) in [5.74, 6) is 1.24. The molecule has 0 radical (unpaired) electrons. The van der Waals surface area contributed by atoms with E-state index in [0.717, 1.165) is 27.1 Å². The average molecular weight is 476 g/mol. The molecule has 1 unspecified atom stereocenters. The number of nitrogens with zero attached hydrogens (tertiary/aromatic N) is 3. The largest absolute Gasteiger partial charge is 0.493 e. The Morgan fingerprint density at radius 2 is 1.74 bits per heavy atom. The Kier molecular flexibility index (Phi) is 5.76. The molecule has 1 aliphatic rings. The Balaban J connectivity index is 1.82. The van der Waals surface area contributed by atoms with E-state index < -0.39 is 6.10 Å². The van der Waals surface area contributed by atoms with Gasteiger partial charge in [-0.15, -0.1) is 0 Å². The van der Waals surface area contributed by atoms with Crippen LogP contribution in [0.5, 0.6) is 11.5 Å². The summed E-state index contributed by atoms with van der Waals surface area (Å²) < 4.78 is 22.6. The lowest BCUT2D eigenvalue weighted by molar-refractivity contribution is 0.0477. The van der Waals surface area contributed by atoms with E-state index in [4.69, 9.17) is 14.2 Å². The molecule has 0 N–H and O–H groups in total. The minimum Gasteiger partial charge on any atom is -0.493 e. The molecule has 182 valence electrons. The molecule has 0 saturated heterocycles. The van der Waals surface area contributed by atoms with Gasteiger partial charge in [0.05, 0.1) is 42.1 Å². The number of benzene rings is 2. The van der Waals surface area contributed by atoms with E-state index in [0.29, 0.717) is 35.6 Å². The molecule has 2 aromatic carbocycles. The van der Waals surface area contributed by atoms with Crippen molar-refractivity contribution in [2.45, 2.75) is 32.6 Å². The molecule has 0 saturated carbocycles. The highest BCUT2D eigenvalue weighted by atomic mass is 16.5. The lowest BCUT2D eigenvalue weighted by atomic mass is 10.0. The predicted octanol–water partition coefficient (Wildman–Crippen LogP) is 3.62. The summed E-state index contributed by atoms with van der Waals surface area (Å²) in [4.78, 5) is 26.4. The second kappa shape index (κ2) is 8.78. The van der Waals surface area contributed by atoms with Crippen LogP contribution in [0.3, 0.4) is 0 Å². The molecular formula is C27H29N3O5. The van der Waals surface area contributed by atoms with Crippen LogP contribution in [0.2, 0.25) is 0 Å². The Hall–Kier alpha value is -3.78. The van der Waals surface area contributed by atoms with Crippen molar-refractivity contribution >= 4 is 10.9 Å². The number of rotatable bonds is 5. The van der Waals surface area contributed by atoms with Gasteiger partial charge in [-0.05, 0) is 37.1 Å². The van der Waals surface area contributed by atoms with Gasteiger partial charge in [-0.1, -0.05) is 36.4 Å². The topological polar surface area (TPSA) is 76.6 Å². The van der Waals surface area contributed by atoms with E-state index in [1.54, 1.807) is 18.7 Å². The highest BCUT2D eigenvalue weighted by Crippen LogP contribution is 2.42. The number of fused-ring (bicyclic) bond motifs is 3. The zero-order valence-electron chi connectivity index (χ0n) is 20.6. The van der Waals surface area contributed by atoms with Crippen molar-refractivity contribution in [2.24, 2.45) is 14.1 Å². The summed E-state index contributed by atoms with van der Waals surface area (Å²) in [5.41, 5.74) is 3.24. The Morgan fingerprint density at radius 3 is 2.43 bits per heavy atom. The third-order valence-electron chi connectivity index (χ3n) is 6.45. The molecule has 2 aromatic heterocycles. The highest BCUT2D eigenvalue weighted by Gasteiger charge is 2.33. The molecule has 0 aliphatic carbocycles. The summed E-state index contributed by atoms with van der Waals surface area (Å²) >= 11 is 0. The Labute approximate surface area is 202 Å². The van der Waals surface area contributed by atoms with Crippen LogP contribution in [0.1, 0.15) is 31.2 Å². The van der Waals surface area contributed by atoms with Crippen LogP contribution in [0.15, 0.2) is 58.1 Å². The zero-order chi connectivity index (χ0) is 24.9. The maximum Gasteiger partial charge on any atom is 0.331 e. The lowest BCUT2D eigenvalue weighted by Gasteiger charge is -2.28. The van der Waals surface area contributed by atoms with Crippen LogP contribution < -0.4 is 20.7 Å². The van der Waals surface area contributed by atoms with Gasteiger partial charge in [-0.2, -0.15) is 0 Å². The van der Waals surface area contributed by atoms with Gasteiger partial charge in [-0.3, -0.25) is 13.9 Å². The fourth-order valence-corrected chi connectivity index (χ4v) is 4.93. The van der Waals surface area contributed by atoms with Gasteiger partial charge in [0.2, 0.25) is 0 Å². The fourth-order valence-electron chi connectivity index (χ4n) is 4.93. The number of ether oxygens (including phenoxy) is 3. The van der Waals surface area contributed by atoms with Crippen molar-refractivity contribution in [2.75, 3.05) is 13.7 Å². The number of methoxy groups -OCH3 is 1. The van der Waals surface area contributed by atoms with Gasteiger partial charge in [0.25, 0.3) is 5.56 Å². The lowest BCUT2D eigenvalue weighted by Crippen LogP contribution is -2.37. The Bertz CT molecular complexity index is 1530. The van der Waals surface area contributed by atoms with Crippen molar-refractivity contribution in [3.8, 4) is 22.8 Å². The van der Waals surface area contributed by atoms with Crippen molar-refractivity contribution in [1.82, 2.24) is 13.7 Å². The monoisotopic (exact) mass is 475 g/mol. The van der Waals surface area contributed by atoms with Crippen LogP contribution in [-0.2, 0) is 25.4 Å². The predicted molar refractivity (Wildman–Crippen MR) is 134 cm³/mol. The minimum absolute atomic E-state index is 0.000950. The molecule has 0 fully saturated rings. The number of aryl methyl sites for hydroxylation is 1.